The SMILES string of the molecule is CN(C(=O)c1csc(-c2cc3ccccc3o2)n1)C1(C#N)CCC1. The van der Waals surface area contributed by atoms with Crippen LogP contribution in [0.25, 0.3) is 21.7 Å². The number of carbonyl (C=O) groups excluding carboxylic acids is 1. The molecule has 24 heavy (non-hydrogen) atoms. The van der Waals surface area contributed by atoms with Crippen molar-refractivity contribution in [3.8, 4) is 16.8 Å². The maximum atomic E-state index is 12.6. The Morgan fingerprint density at radius 1 is 1.42 bits per heavy atom. The molecular weight excluding hydrogens is 322 g/mol. The largest absolute Gasteiger partial charge is 0.454 e. The summed E-state index contributed by atoms with van der Waals surface area (Å²) in [7, 11) is 1.69. The third-order valence-electron chi connectivity index (χ3n) is 4.70. The molecule has 0 radical (unpaired) electrons. The lowest BCUT2D eigenvalue weighted by molar-refractivity contribution is 0.0492. The summed E-state index contributed by atoms with van der Waals surface area (Å²) in [4.78, 5) is 18.6. The average molecular weight is 337 g/mol. The number of hydrogen-bond acceptors (Lipinski definition) is 5. The minimum atomic E-state index is -0.666. The van der Waals surface area contributed by atoms with Crippen LogP contribution in [0.2, 0.25) is 0 Å². The van der Waals surface area contributed by atoms with Gasteiger partial charge in [0.1, 0.15) is 16.8 Å². The molecule has 6 heteroatoms. The van der Waals surface area contributed by atoms with Crippen LogP contribution in [0.5, 0.6) is 0 Å². The first kappa shape index (κ1) is 14.9. The fourth-order valence-corrected chi connectivity index (χ4v) is 3.72. The second-order valence-corrected chi connectivity index (χ2v) is 6.91. The molecule has 2 heterocycles. The molecule has 5 nitrogen and oxygen atoms in total. The van der Waals surface area contributed by atoms with Crippen molar-refractivity contribution in [1.29, 1.82) is 5.26 Å². The molecule has 120 valence electrons. The Morgan fingerprint density at radius 2 is 2.21 bits per heavy atom. The summed E-state index contributed by atoms with van der Waals surface area (Å²) in [6.45, 7) is 0. The van der Waals surface area contributed by atoms with Gasteiger partial charge >= 0.3 is 0 Å². The Morgan fingerprint density at radius 3 is 2.88 bits per heavy atom. The van der Waals surface area contributed by atoms with E-state index in [0.29, 0.717) is 16.5 Å². The van der Waals surface area contributed by atoms with Crippen LogP contribution in [-0.4, -0.2) is 28.4 Å². The van der Waals surface area contributed by atoms with Crippen LogP contribution in [-0.2, 0) is 0 Å². The maximum Gasteiger partial charge on any atom is 0.274 e. The molecule has 1 aromatic carbocycles. The number of furan rings is 1. The molecule has 4 rings (SSSR count). The average Bonchev–Trinajstić information content (AvgIpc) is 3.20. The number of thiazole rings is 1. The van der Waals surface area contributed by atoms with Crippen molar-refractivity contribution < 1.29 is 9.21 Å². The second-order valence-electron chi connectivity index (χ2n) is 6.05. The molecule has 3 aromatic rings. The molecule has 0 unspecified atom stereocenters. The van der Waals surface area contributed by atoms with E-state index in [1.165, 1.54) is 16.2 Å². The van der Waals surface area contributed by atoms with Crippen LogP contribution < -0.4 is 0 Å². The van der Waals surface area contributed by atoms with Crippen LogP contribution in [0, 0.1) is 11.3 Å². The molecule has 1 fully saturated rings. The van der Waals surface area contributed by atoms with Gasteiger partial charge < -0.3 is 9.32 Å². The fraction of sp³-hybridized carbons (Fsp3) is 0.278. The highest BCUT2D eigenvalue weighted by Gasteiger charge is 2.44. The van der Waals surface area contributed by atoms with Gasteiger partial charge in [-0.2, -0.15) is 5.26 Å². The fourth-order valence-electron chi connectivity index (χ4n) is 2.97. The monoisotopic (exact) mass is 337 g/mol. The van der Waals surface area contributed by atoms with Gasteiger partial charge in [0, 0.05) is 17.8 Å². The summed E-state index contributed by atoms with van der Waals surface area (Å²) in [6.07, 6.45) is 2.44. The lowest BCUT2D eigenvalue weighted by Gasteiger charge is -2.42. The van der Waals surface area contributed by atoms with E-state index in [2.05, 4.69) is 11.1 Å². The normalized spacial score (nSPS) is 15.7. The standard InChI is InChI=1S/C18H15N3O2S/c1-21(18(11-19)7-4-8-18)17(22)13-10-24-16(20-13)15-9-12-5-2-3-6-14(12)23-15/h2-3,5-6,9-10H,4,7-8H2,1H3. The summed E-state index contributed by atoms with van der Waals surface area (Å²) < 4.78 is 5.80. The van der Waals surface area contributed by atoms with Crippen molar-refractivity contribution in [2.75, 3.05) is 7.05 Å². The molecule has 0 N–H and O–H groups in total. The van der Waals surface area contributed by atoms with E-state index >= 15 is 0 Å². The number of para-hydroxylation sites is 1. The third kappa shape index (κ3) is 2.21. The molecule has 1 amide bonds. The molecule has 0 aliphatic heterocycles. The zero-order chi connectivity index (χ0) is 16.7. The second kappa shape index (κ2) is 5.46. The maximum absolute atomic E-state index is 12.6. The van der Waals surface area contributed by atoms with E-state index in [4.69, 9.17) is 4.42 Å². The molecule has 2 aromatic heterocycles. The Balaban J connectivity index is 1.62. The number of amides is 1. The zero-order valence-electron chi connectivity index (χ0n) is 13.2. The van der Waals surface area contributed by atoms with Gasteiger partial charge in [0.25, 0.3) is 5.91 Å². The number of carbonyl (C=O) groups is 1. The Kier molecular flexibility index (Phi) is 3.39. The van der Waals surface area contributed by atoms with E-state index in [1.807, 2.05) is 30.3 Å². The predicted molar refractivity (Wildman–Crippen MR) is 91.6 cm³/mol. The summed E-state index contributed by atoms with van der Waals surface area (Å²) in [5, 5.41) is 12.8. The molecule has 0 spiro atoms. The number of benzene rings is 1. The van der Waals surface area contributed by atoms with Crippen molar-refractivity contribution in [2.24, 2.45) is 0 Å². The lowest BCUT2D eigenvalue weighted by atomic mass is 9.76. The molecule has 1 saturated carbocycles. The molecule has 0 atom stereocenters. The van der Waals surface area contributed by atoms with Crippen molar-refractivity contribution in [3.05, 3.63) is 41.4 Å². The van der Waals surface area contributed by atoms with E-state index in [9.17, 15) is 10.1 Å². The quantitative estimate of drug-likeness (QED) is 0.722. The highest BCUT2D eigenvalue weighted by molar-refractivity contribution is 7.13. The first-order chi connectivity index (χ1) is 11.6. The van der Waals surface area contributed by atoms with Crippen molar-refractivity contribution >= 4 is 28.2 Å². The van der Waals surface area contributed by atoms with E-state index in [-0.39, 0.29) is 5.91 Å². The van der Waals surface area contributed by atoms with Crippen LogP contribution in [0.4, 0.5) is 0 Å². The minimum absolute atomic E-state index is 0.213. The van der Waals surface area contributed by atoms with Gasteiger partial charge in [-0.25, -0.2) is 4.98 Å². The number of nitrogens with zero attached hydrogens (tertiary/aromatic N) is 3. The smallest absolute Gasteiger partial charge is 0.274 e. The summed E-state index contributed by atoms with van der Waals surface area (Å²) >= 11 is 1.37. The minimum Gasteiger partial charge on any atom is -0.454 e. The summed E-state index contributed by atoms with van der Waals surface area (Å²) in [5.41, 5.74) is 0.491. The Labute approximate surface area is 143 Å². The van der Waals surface area contributed by atoms with Gasteiger partial charge in [0.05, 0.1) is 6.07 Å². The topological polar surface area (TPSA) is 70.1 Å². The van der Waals surface area contributed by atoms with E-state index in [1.54, 1.807) is 12.4 Å². The number of nitriles is 1. The van der Waals surface area contributed by atoms with Crippen LogP contribution in [0.1, 0.15) is 29.8 Å². The Bertz CT molecular complexity index is 929. The molecule has 1 aliphatic carbocycles. The Hall–Kier alpha value is -2.65. The van der Waals surface area contributed by atoms with Gasteiger partial charge in [-0.3, -0.25) is 4.79 Å². The lowest BCUT2D eigenvalue weighted by Crippen LogP contribution is -2.53. The van der Waals surface area contributed by atoms with E-state index < -0.39 is 5.54 Å². The van der Waals surface area contributed by atoms with Crippen LogP contribution in [0.15, 0.2) is 40.1 Å². The molecular formula is C18H15N3O2S. The van der Waals surface area contributed by atoms with Crippen LogP contribution in [0.3, 0.4) is 0 Å². The first-order valence-electron chi connectivity index (χ1n) is 7.77. The molecule has 1 aliphatic rings. The number of fused-ring (bicyclic) bond motifs is 1. The number of hydrogen-bond donors (Lipinski definition) is 0. The van der Waals surface area contributed by atoms with Crippen LogP contribution >= 0.6 is 11.3 Å². The summed E-state index contributed by atoms with van der Waals surface area (Å²) in [5.74, 6) is 0.441. The van der Waals surface area contributed by atoms with Gasteiger partial charge in [-0.05, 0) is 31.4 Å². The van der Waals surface area contributed by atoms with Crippen molar-refractivity contribution in [3.63, 3.8) is 0 Å². The van der Waals surface area contributed by atoms with Gasteiger partial charge in [0.15, 0.2) is 10.8 Å². The van der Waals surface area contributed by atoms with Gasteiger partial charge in [-0.15, -0.1) is 11.3 Å². The van der Waals surface area contributed by atoms with Gasteiger partial charge in [0.2, 0.25) is 0 Å². The summed E-state index contributed by atoms with van der Waals surface area (Å²) in [6, 6.07) is 12.0. The number of aromatic nitrogens is 1. The molecule has 0 bridgehead atoms. The number of rotatable bonds is 3. The first-order valence-corrected chi connectivity index (χ1v) is 8.65. The third-order valence-corrected chi connectivity index (χ3v) is 5.55. The highest BCUT2D eigenvalue weighted by atomic mass is 32.1. The van der Waals surface area contributed by atoms with Crippen molar-refractivity contribution in [2.45, 2.75) is 24.8 Å². The van der Waals surface area contributed by atoms with Crippen molar-refractivity contribution in [1.82, 2.24) is 9.88 Å². The predicted octanol–water partition coefficient (Wildman–Crippen LogP) is 4.07. The highest BCUT2D eigenvalue weighted by Crippen LogP contribution is 2.37. The van der Waals surface area contributed by atoms with E-state index in [0.717, 1.165) is 30.2 Å². The molecule has 0 saturated heterocycles. The van der Waals surface area contributed by atoms with Gasteiger partial charge in [-0.1, -0.05) is 18.2 Å². The zero-order valence-corrected chi connectivity index (χ0v) is 14.0.